The van der Waals surface area contributed by atoms with Crippen LogP contribution in [0.3, 0.4) is 0 Å². The number of nitrogens with one attached hydrogen (secondary N) is 2. The Balaban J connectivity index is 1.68. The van der Waals surface area contributed by atoms with Crippen molar-refractivity contribution >= 4 is 23.4 Å². The van der Waals surface area contributed by atoms with Gasteiger partial charge in [-0.3, -0.25) is 9.78 Å². The summed E-state index contributed by atoms with van der Waals surface area (Å²) in [4.78, 5) is 17.6. The molecule has 2 N–H and O–H groups in total. The summed E-state index contributed by atoms with van der Waals surface area (Å²) < 4.78 is 5.32. The van der Waals surface area contributed by atoms with Crippen molar-refractivity contribution in [2.75, 3.05) is 12.4 Å². The van der Waals surface area contributed by atoms with Gasteiger partial charge in [-0.15, -0.1) is 11.8 Å². The maximum Gasteiger partial charge on any atom is 0.254 e. The van der Waals surface area contributed by atoms with Crippen LogP contribution in [0.5, 0.6) is 5.75 Å². The van der Waals surface area contributed by atoms with E-state index in [1.54, 1.807) is 19.5 Å². The average molecular weight is 469 g/mol. The van der Waals surface area contributed by atoms with Gasteiger partial charge in [-0.1, -0.05) is 36.4 Å². The monoisotopic (exact) mass is 468 g/mol. The van der Waals surface area contributed by atoms with Gasteiger partial charge in [-0.05, 0) is 48.4 Å². The van der Waals surface area contributed by atoms with Gasteiger partial charge < -0.3 is 15.4 Å². The fraction of sp³-hybridized carbons (Fsp3) is 0.148. The first-order valence-electron chi connectivity index (χ1n) is 10.7. The van der Waals surface area contributed by atoms with Crippen molar-refractivity contribution in [2.24, 2.45) is 0 Å². The van der Waals surface area contributed by atoms with Crippen molar-refractivity contribution < 1.29 is 9.53 Å². The summed E-state index contributed by atoms with van der Waals surface area (Å²) in [5.41, 5.74) is 4.25. The molecule has 1 aliphatic rings. The standard InChI is InChI=1S/C27H24N4O2S/c1-18-24(26(32)31-21-10-4-3-5-11-21)25(20-9-7-13-29-16-20)23(15-28)27(30-18)34-17-19-8-6-12-22(14-19)33-2/h3-14,16,25,30H,17H2,1-2H3,(H,31,32). The van der Waals surface area contributed by atoms with Crippen molar-refractivity contribution in [3.8, 4) is 11.8 Å². The Hall–Kier alpha value is -4.02. The molecule has 0 spiro atoms. The van der Waals surface area contributed by atoms with Crippen LogP contribution in [0.1, 0.15) is 24.0 Å². The molecule has 34 heavy (non-hydrogen) atoms. The minimum atomic E-state index is -0.531. The Morgan fingerprint density at radius 2 is 2.00 bits per heavy atom. The Morgan fingerprint density at radius 1 is 1.18 bits per heavy atom. The first-order valence-corrected chi connectivity index (χ1v) is 11.7. The average Bonchev–Trinajstić information content (AvgIpc) is 2.88. The molecule has 1 unspecified atom stereocenters. The summed E-state index contributed by atoms with van der Waals surface area (Å²) in [5.74, 6) is 0.642. The van der Waals surface area contributed by atoms with Gasteiger partial charge in [0.15, 0.2) is 0 Å². The molecule has 0 bridgehead atoms. The van der Waals surface area contributed by atoms with Gasteiger partial charge in [-0.25, -0.2) is 0 Å². The van der Waals surface area contributed by atoms with Crippen molar-refractivity contribution in [1.29, 1.82) is 5.26 Å². The molecule has 1 aromatic heterocycles. The Kier molecular flexibility index (Phi) is 7.31. The summed E-state index contributed by atoms with van der Waals surface area (Å²) in [6.45, 7) is 1.86. The second-order valence-electron chi connectivity index (χ2n) is 7.70. The third-order valence-electron chi connectivity index (χ3n) is 5.46. The molecule has 0 saturated carbocycles. The zero-order valence-electron chi connectivity index (χ0n) is 18.9. The smallest absolute Gasteiger partial charge is 0.254 e. The highest BCUT2D eigenvalue weighted by Gasteiger charge is 2.34. The van der Waals surface area contributed by atoms with Gasteiger partial charge in [0.2, 0.25) is 0 Å². The number of nitriles is 1. The number of methoxy groups -OCH3 is 1. The maximum absolute atomic E-state index is 13.4. The topological polar surface area (TPSA) is 87.0 Å². The minimum Gasteiger partial charge on any atom is -0.497 e. The lowest BCUT2D eigenvalue weighted by atomic mass is 9.83. The molecule has 1 aliphatic heterocycles. The van der Waals surface area contributed by atoms with Crippen LogP contribution >= 0.6 is 11.8 Å². The molecule has 4 rings (SSSR count). The summed E-state index contributed by atoms with van der Waals surface area (Å²) in [6.07, 6.45) is 3.39. The van der Waals surface area contributed by atoms with Crippen LogP contribution in [0.25, 0.3) is 0 Å². The lowest BCUT2D eigenvalue weighted by Crippen LogP contribution is -2.30. The van der Waals surface area contributed by atoms with E-state index in [1.807, 2.05) is 73.7 Å². The van der Waals surface area contributed by atoms with E-state index in [9.17, 15) is 10.1 Å². The fourth-order valence-electron chi connectivity index (χ4n) is 3.85. The molecule has 0 radical (unpaired) electrons. The number of para-hydroxylation sites is 1. The molecule has 3 aromatic rings. The third kappa shape index (κ3) is 5.13. The van der Waals surface area contributed by atoms with Gasteiger partial charge in [0.25, 0.3) is 5.91 Å². The van der Waals surface area contributed by atoms with E-state index < -0.39 is 5.92 Å². The number of pyridine rings is 1. The van der Waals surface area contributed by atoms with Crippen molar-refractivity contribution in [3.63, 3.8) is 0 Å². The highest BCUT2D eigenvalue weighted by atomic mass is 32.2. The Labute approximate surface area is 203 Å². The van der Waals surface area contributed by atoms with Crippen molar-refractivity contribution in [2.45, 2.75) is 18.6 Å². The van der Waals surface area contributed by atoms with E-state index in [4.69, 9.17) is 4.74 Å². The molecule has 2 heterocycles. The number of amides is 1. The number of thioether (sulfide) groups is 1. The number of benzene rings is 2. The largest absolute Gasteiger partial charge is 0.497 e. The number of hydrogen-bond acceptors (Lipinski definition) is 6. The number of anilines is 1. The number of allylic oxidation sites excluding steroid dienone is 2. The van der Waals surface area contributed by atoms with E-state index in [0.717, 1.165) is 21.9 Å². The van der Waals surface area contributed by atoms with Crippen LogP contribution < -0.4 is 15.4 Å². The Bertz CT molecular complexity index is 1280. The molecule has 1 atom stereocenters. The normalized spacial score (nSPS) is 15.4. The number of carbonyl (C=O) groups is 1. The van der Waals surface area contributed by atoms with E-state index >= 15 is 0 Å². The number of dihydropyridines is 1. The summed E-state index contributed by atoms with van der Waals surface area (Å²) in [7, 11) is 1.64. The van der Waals surface area contributed by atoms with Gasteiger partial charge in [0.1, 0.15) is 5.75 Å². The van der Waals surface area contributed by atoms with Crippen LogP contribution in [-0.4, -0.2) is 18.0 Å². The first-order chi connectivity index (χ1) is 16.6. The molecule has 0 saturated heterocycles. The number of carbonyl (C=O) groups excluding carboxylic acids is 1. The molecular formula is C27H24N4O2S. The molecule has 0 aliphatic carbocycles. The van der Waals surface area contributed by atoms with Crippen LogP contribution in [0.15, 0.2) is 101 Å². The lowest BCUT2D eigenvalue weighted by Gasteiger charge is -2.29. The predicted molar refractivity (Wildman–Crippen MR) is 135 cm³/mol. The SMILES string of the molecule is COc1cccc(CSC2=C(C#N)C(c3cccnc3)C(C(=O)Nc3ccccc3)=C(C)N2)c1. The quantitative estimate of drug-likeness (QED) is 0.486. The fourth-order valence-corrected chi connectivity index (χ4v) is 4.88. The van der Waals surface area contributed by atoms with Gasteiger partial charge in [0, 0.05) is 35.1 Å². The van der Waals surface area contributed by atoms with Gasteiger partial charge in [0.05, 0.1) is 29.7 Å². The predicted octanol–water partition coefficient (Wildman–Crippen LogP) is 5.36. The zero-order chi connectivity index (χ0) is 23.9. The van der Waals surface area contributed by atoms with E-state index in [1.165, 1.54) is 11.8 Å². The summed E-state index contributed by atoms with van der Waals surface area (Å²) >= 11 is 1.53. The second kappa shape index (κ2) is 10.7. The zero-order valence-corrected chi connectivity index (χ0v) is 19.7. The van der Waals surface area contributed by atoms with Gasteiger partial charge >= 0.3 is 0 Å². The van der Waals surface area contributed by atoms with Gasteiger partial charge in [-0.2, -0.15) is 5.26 Å². The Morgan fingerprint density at radius 3 is 2.71 bits per heavy atom. The van der Waals surface area contributed by atoms with E-state index in [0.29, 0.717) is 28.3 Å². The second-order valence-corrected chi connectivity index (χ2v) is 8.68. The number of hydrogen-bond donors (Lipinski definition) is 2. The maximum atomic E-state index is 13.4. The molecule has 2 aromatic carbocycles. The number of aromatic nitrogens is 1. The number of nitrogens with zero attached hydrogens (tertiary/aromatic N) is 2. The third-order valence-corrected chi connectivity index (χ3v) is 6.55. The molecular weight excluding hydrogens is 444 g/mol. The molecule has 7 heteroatoms. The van der Waals surface area contributed by atoms with Crippen LogP contribution in [0, 0.1) is 11.3 Å². The summed E-state index contributed by atoms with van der Waals surface area (Å²) in [6, 6.07) is 23.2. The first kappa shape index (κ1) is 23.1. The van der Waals surface area contributed by atoms with E-state index in [2.05, 4.69) is 21.7 Å². The molecule has 170 valence electrons. The van der Waals surface area contributed by atoms with Crippen molar-refractivity contribution in [1.82, 2.24) is 10.3 Å². The molecule has 1 amide bonds. The lowest BCUT2D eigenvalue weighted by molar-refractivity contribution is -0.113. The number of ether oxygens (including phenoxy) is 1. The van der Waals surface area contributed by atoms with Crippen LogP contribution in [0.2, 0.25) is 0 Å². The minimum absolute atomic E-state index is 0.255. The molecule has 6 nitrogen and oxygen atoms in total. The molecule has 0 fully saturated rings. The summed E-state index contributed by atoms with van der Waals surface area (Å²) in [5, 5.41) is 17.2. The number of rotatable bonds is 7. The van der Waals surface area contributed by atoms with E-state index in [-0.39, 0.29) is 5.91 Å². The van der Waals surface area contributed by atoms with Crippen LogP contribution in [0.4, 0.5) is 5.69 Å². The van der Waals surface area contributed by atoms with Crippen LogP contribution in [-0.2, 0) is 10.5 Å². The van der Waals surface area contributed by atoms with Crippen molar-refractivity contribution in [3.05, 3.63) is 112 Å². The highest BCUT2D eigenvalue weighted by molar-refractivity contribution is 8.02. The highest BCUT2D eigenvalue weighted by Crippen LogP contribution is 2.41.